The van der Waals surface area contributed by atoms with Crippen LogP contribution in [0.4, 0.5) is 15.3 Å². The molecule has 3 heterocycles. The summed E-state index contributed by atoms with van der Waals surface area (Å²) < 4.78 is 16.3. The van der Waals surface area contributed by atoms with Gasteiger partial charge in [-0.2, -0.15) is 0 Å². The minimum atomic E-state index is -1.07. The van der Waals surface area contributed by atoms with Gasteiger partial charge in [0.15, 0.2) is 0 Å². The number of ether oxygens (including phenoxy) is 3. The van der Waals surface area contributed by atoms with Gasteiger partial charge in [0.1, 0.15) is 17.8 Å². The van der Waals surface area contributed by atoms with Gasteiger partial charge in [-0.1, -0.05) is 42.5 Å². The van der Waals surface area contributed by atoms with E-state index < -0.39 is 42.3 Å². The maximum absolute atomic E-state index is 13.7. The van der Waals surface area contributed by atoms with Crippen LogP contribution in [-0.2, 0) is 30.5 Å². The standard InChI is InChI=1S/C28H32N6O8/c1-40-22-12-6-5-10-19(22)30-27(38)31-32-15-13-23(35)33-14-7-11-21(34(33)28(32)39)25(37)29-20-16-24(36)42-26(20)41-17-18-8-3-2-4-9-18/h2-6,8-10,12,20-21,26H,7,11,13-17H2,1H3,(H,29,37)(H2,30,31,38). The third kappa shape index (κ3) is 6.38. The smallest absolute Gasteiger partial charge is 0.358 e. The molecule has 42 heavy (non-hydrogen) atoms. The maximum atomic E-state index is 13.7. The third-order valence-corrected chi connectivity index (χ3v) is 7.11. The summed E-state index contributed by atoms with van der Waals surface area (Å²) in [6.45, 7) is 0.307. The van der Waals surface area contributed by atoms with Gasteiger partial charge in [-0.15, -0.1) is 0 Å². The summed E-state index contributed by atoms with van der Waals surface area (Å²) in [5.74, 6) is -1.04. The molecule has 14 heteroatoms. The molecule has 3 aliphatic rings. The number of hydrazine groups is 2. The summed E-state index contributed by atoms with van der Waals surface area (Å²) in [5.41, 5.74) is 3.73. The van der Waals surface area contributed by atoms with E-state index in [1.807, 2.05) is 30.3 Å². The van der Waals surface area contributed by atoms with Gasteiger partial charge < -0.3 is 24.8 Å². The predicted octanol–water partition coefficient (Wildman–Crippen LogP) is 1.74. The number of anilines is 1. The number of para-hydroxylation sites is 2. The minimum absolute atomic E-state index is 0.0636. The van der Waals surface area contributed by atoms with Crippen molar-refractivity contribution >= 4 is 35.5 Å². The van der Waals surface area contributed by atoms with Crippen LogP contribution in [0.1, 0.15) is 31.2 Å². The van der Waals surface area contributed by atoms with Crippen molar-refractivity contribution in [2.75, 3.05) is 25.5 Å². The second kappa shape index (κ2) is 12.8. The van der Waals surface area contributed by atoms with E-state index in [4.69, 9.17) is 14.2 Å². The third-order valence-electron chi connectivity index (χ3n) is 7.11. The average Bonchev–Trinajstić information content (AvgIpc) is 3.30. The molecule has 0 spiro atoms. The summed E-state index contributed by atoms with van der Waals surface area (Å²) in [4.78, 5) is 65.1. The van der Waals surface area contributed by atoms with Gasteiger partial charge in [-0.05, 0) is 30.5 Å². The van der Waals surface area contributed by atoms with Gasteiger partial charge in [-0.3, -0.25) is 14.4 Å². The molecule has 6 amide bonds. The number of rotatable bonds is 8. The molecule has 14 nitrogen and oxygen atoms in total. The summed E-state index contributed by atoms with van der Waals surface area (Å²) in [6, 6.07) is 12.7. The number of benzene rings is 2. The number of carbonyl (C=O) groups excluding carboxylic acids is 5. The average molecular weight is 581 g/mol. The van der Waals surface area contributed by atoms with E-state index in [1.54, 1.807) is 24.3 Å². The molecular weight excluding hydrogens is 548 g/mol. The molecule has 2 aromatic rings. The van der Waals surface area contributed by atoms with Crippen molar-refractivity contribution in [2.24, 2.45) is 0 Å². The Hall–Kier alpha value is -4.85. The highest BCUT2D eigenvalue weighted by atomic mass is 16.7. The first-order valence-corrected chi connectivity index (χ1v) is 13.6. The van der Waals surface area contributed by atoms with Crippen molar-refractivity contribution in [1.82, 2.24) is 25.8 Å². The first-order chi connectivity index (χ1) is 20.3. The fourth-order valence-electron chi connectivity index (χ4n) is 5.07. The molecule has 3 atom stereocenters. The van der Waals surface area contributed by atoms with Crippen LogP contribution in [0.3, 0.4) is 0 Å². The maximum Gasteiger partial charge on any atom is 0.358 e. The molecule has 0 aromatic heterocycles. The van der Waals surface area contributed by atoms with Crippen molar-refractivity contribution in [2.45, 2.75) is 50.7 Å². The predicted molar refractivity (Wildman–Crippen MR) is 146 cm³/mol. The van der Waals surface area contributed by atoms with Crippen LogP contribution in [0.2, 0.25) is 0 Å². The largest absolute Gasteiger partial charge is 0.495 e. The molecule has 3 saturated heterocycles. The summed E-state index contributed by atoms with van der Waals surface area (Å²) >= 11 is 0. The molecule has 222 valence electrons. The lowest BCUT2D eigenvalue weighted by Crippen LogP contribution is -2.65. The van der Waals surface area contributed by atoms with Crippen molar-refractivity contribution in [3.8, 4) is 5.75 Å². The van der Waals surface area contributed by atoms with Crippen molar-refractivity contribution in [1.29, 1.82) is 0 Å². The highest BCUT2D eigenvalue weighted by Gasteiger charge is 2.46. The Labute approximate surface area is 241 Å². The fourth-order valence-corrected chi connectivity index (χ4v) is 5.07. The number of urea groups is 2. The molecule has 5 rings (SSSR count). The topological polar surface area (TPSA) is 159 Å². The number of nitrogens with one attached hydrogen (secondary N) is 3. The molecule has 3 aliphatic heterocycles. The van der Waals surface area contributed by atoms with Crippen LogP contribution in [0.15, 0.2) is 54.6 Å². The zero-order valence-corrected chi connectivity index (χ0v) is 23.0. The number of carbonyl (C=O) groups is 5. The lowest BCUT2D eigenvalue weighted by atomic mass is 10.1. The minimum Gasteiger partial charge on any atom is -0.495 e. The van der Waals surface area contributed by atoms with Gasteiger partial charge in [0.05, 0.1) is 32.4 Å². The monoisotopic (exact) mass is 580 g/mol. The zero-order valence-electron chi connectivity index (χ0n) is 23.0. The number of hydrogen-bond donors (Lipinski definition) is 3. The zero-order chi connectivity index (χ0) is 29.6. The normalized spacial score (nSPS) is 22.2. The highest BCUT2D eigenvalue weighted by Crippen LogP contribution is 2.26. The number of cyclic esters (lactones) is 1. The Morgan fingerprint density at radius 1 is 1.02 bits per heavy atom. The van der Waals surface area contributed by atoms with Crippen molar-refractivity contribution in [3.05, 3.63) is 60.2 Å². The van der Waals surface area contributed by atoms with Crippen LogP contribution in [-0.4, -0.2) is 83.4 Å². The second-order valence-electron chi connectivity index (χ2n) is 9.94. The van der Waals surface area contributed by atoms with Crippen LogP contribution in [0, 0.1) is 0 Å². The van der Waals surface area contributed by atoms with E-state index in [2.05, 4.69) is 16.1 Å². The summed E-state index contributed by atoms with van der Waals surface area (Å²) in [5, 5.41) is 8.73. The molecule has 3 unspecified atom stereocenters. The van der Waals surface area contributed by atoms with Crippen LogP contribution in [0.5, 0.6) is 5.75 Å². The van der Waals surface area contributed by atoms with E-state index in [-0.39, 0.29) is 44.9 Å². The number of hydrogen-bond acceptors (Lipinski definition) is 8. The molecule has 2 aromatic carbocycles. The molecule has 0 bridgehead atoms. The Balaban J connectivity index is 1.27. The quantitative estimate of drug-likeness (QED) is 0.398. The number of nitrogens with zero attached hydrogens (tertiary/aromatic N) is 3. The van der Waals surface area contributed by atoms with Gasteiger partial charge in [-0.25, -0.2) is 30.0 Å². The lowest BCUT2D eigenvalue weighted by molar-refractivity contribution is -0.169. The summed E-state index contributed by atoms with van der Waals surface area (Å²) in [7, 11) is 1.46. The van der Waals surface area contributed by atoms with Crippen LogP contribution in [0.25, 0.3) is 0 Å². The van der Waals surface area contributed by atoms with Gasteiger partial charge >= 0.3 is 18.0 Å². The second-order valence-corrected chi connectivity index (χ2v) is 9.94. The van der Waals surface area contributed by atoms with E-state index in [1.165, 1.54) is 12.1 Å². The molecule has 3 N–H and O–H groups in total. The van der Waals surface area contributed by atoms with Gasteiger partial charge in [0, 0.05) is 13.0 Å². The van der Waals surface area contributed by atoms with Gasteiger partial charge in [0.25, 0.3) is 0 Å². The fraction of sp³-hybridized carbons (Fsp3) is 0.393. The summed E-state index contributed by atoms with van der Waals surface area (Å²) in [6.07, 6.45) is -0.445. The Morgan fingerprint density at radius 2 is 1.79 bits per heavy atom. The Bertz CT molecular complexity index is 1340. The molecular formula is C28H32N6O8. The van der Waals surface area contributed by atoms with Gasteiger partial charge in [0.2, 0.25) is 18.1 Å². The Kier molecular flexibility index (Phi) is 8.71. The molecule has 0 radical (unpaired) electrons. The van der Waals surface area contributed by atoms with Crippen molar-refractivity contribution in [3.63, 3.8) is 0 Å². The number of fused-ring (bicyclic) bond motifs is 1. The SMILES string of the molecule is COc1ccccc1NC(=O)NN1CCC(=O)N2CCCC(C(=O)NC3CC(=O)OC3OCc3ccccc3)N2C1=O. The molecule has 0 saturated carbocycles. The van der Waals surface area contributed by atoms with Crippen LogP contribution >= 0.6 is 0 Å². The number of methoxy groups -OCH3 is 1. The van der Waals surface area contributed by atoms with E-state index in [9.17, 15) is 24.0 Å². The van der Waals surface area contributed by atoms with Crippen molar-refractivity contribution < 1.29 is 38.2 Å². The Morgan fingerprint density at radius 3 is 2.57 bits per heavy atom. The van der Waals surface area contributed by atoms with E-state index in [0.29, 0.717) is 17.9 Å². The number of esters is 1. The van der Waals surface area contributed by atoms with Crippen LogP contribution < -0.4 is 20.8 Å². The van der Waals surface area contributed by atoms with E-state index in [0.717, 1.165) is 15.6 Å². The number of amides is 6. The highest BCUT2D eigenvalue weighted by molar-refractivity contribution is 5.94. The molecule has 3 fully saturated rings. The first kappa shape index (κ1) is 28.7. The first-order valence-electron chi connectivity index (χ1n) is 13.6. The van der Waals surface area contributed by atoms with E-state index >= 15 is 0 Å². The lowest BCUT2D eigenvalue weighted by Gasteiger charge is -2.43. The molecule has 0 aliphatic carbocycles.